The Morgan fingerprint density at radius 1 is 1.91 bits per heavy atom. The second kappa shape index (κ2) is 5.73. The molecule has 2 N–H and O–H groups in total. The normalized spacial score (nSPS) is 12.1. The van der Waals surface area contributed by atoms with Gasteiger partial charge in [0.05, 0.1) is 19.3 Å². The molecule has 11 heavy (non-hydrogen) atoms. The molecular weight excluding hydrogens is 146 g/mol. The molecule has 4 nitrogen and oxygen atoms in total. The van der Waals surface area contributed by atoms with Crippen LogP contribution in [-0.2, 0) is 4.74 Å². The molecule has 0 aliphatic carbocycles. The summed E-state index contributed by atoms with van der Waals surface area (Å²) in [7, 11) is 0. The molecule has 1 amide bonds. The van der Waals surface area contributed by atoms with Gasteiger partial charge in [0.15, 0.2) is 0 Å². The lowest BCUT2D eigenvalue weighted by Crippen LogP contribution is -2.34. The van der Waals surface area contributed by atoms with Crippen molar-refractivity contribution in [3.8, 4) is 0 Å². The van der Waals surface area contributed by atoms with Gasteiger partial charge in [-0.25, -0.2) is 4.79 Å². The van der Waals surface area contributed by atoms with Crippen molar-refractivity contribution in [3.05, 3.63) is 12.7 Å². The lowest BCUT2D eigenvalue weighted by molar-refractivity contribution is 0.134. The van der Waals surface area contributed by atoms with E-state index in [4.69, 9.17) is 9.84 Å². The molecule has 0 aromatic rings. The Kier molecular flexibility index (Phi) is 5.20. The number of hydrogen-bond acceptors (Lipinski definition) is 2. The Hall–Kier alpha value is -1.03. The summed E-state index contributed by atoms with van der Waals surface area (Å²) in [4.78, 5) is 10.1. The topological polar surface area (TPSA) is 58.6 Å². The van der Waals surface area contributed by atoms with Crippen molar-refractivity contribution >= 4 is 6.09 Å². The Balaban J connectivity index is 3.28. The lowest BCUT2D eigenvalue weighted by Gasteiger charge is -2.09. The second-order valence-corrected chi connectivity index (χ2v) is 2.18. The highest BCUT2D eigenvalue weighted by molar-refractivity contribution is 5.64. The molecule has 4 heteroatoms. The first-order chi connectivity index (χ1) is 5.16. The van der Waals surface area contributed by atoms with Crippen LogP contribution in [-0.4, -0.2) is 30.5 Å². The van der Waals surface area contributed by atoms with E-state index in [-0.39, 0.29) is 6.04 Å². The van der Waals surface area contributed by atoms with Gasteiger partial charge in [0.25, 0.3) is 0 Å². The number of nitrogens with one attached hydrogen (secondary N) is 1. The van der Waals surface area contributed by atoms with Crippen LogP contribution >= 0.6 is 0 Å². The molecule has 0 saturated heterocycles. The monoisotopic (exact) mass is 159 g/mol. The molecule has 0 fully saturated rings. The number of rotatable bonds is 5. The van der Waals surface area contributed by atoms with E-state index in [9.17, 15) is 4.79 Å². The van der Waals surface area contributed by atoms with E-state index in [0.717, 1.165) is 0 Å². The van der Waals surface area contributed by atoms with Gasteiger partial charge in [-0.1, -0.05) is 6.08 Å². The Morgan fingerprint density at radius 3 is 3.00 bits per heavy atom. The fraction of sp³-hybridized carbons (Fsp3) is 0.571. The molecule has 0 aromatic heterocycles. The van der Waals surface area contributed by atoms with E-state index in [1.54, 1.807) is 13.0 Å². The predicted molar refractivity (Wildman–Crippen MR) is 41.6 cm³/mol. The van der Waals surface area contributed by atoms with Gasteiger partial charge in [0.2, 0.25) is 0 Å². The van der Waals surface area contributed by atoms with Crippen molar-refractivity contribution in [3.63, 3.8) is 0 Å². The van der Waals surface area contributed by atoms with Crippen LogP contribution in [0.2, 0.25) is 0 Å². The van der Waals surface area contributed by atoms with Gasteiger partial charge in [0.1, 0.15) is 0 Å². The molecule has 0 heterocycles. The first-order valence-electron chi connectivity index (χ1n) is 3.35. The molecular formula is C7H13NO3. The zero-order chi connectivity index (χ0) is 8.69. The first kappa shape index (κ1) is 9.97. The van der Waals surface area contributed by atoms with Crippen molar-refractivity contribution in [2.75, 3.05) is 13.2 Å². The van der Waals surface area contributed by atoms with E-state index in [1.165, 1.54) is 0 Å². The number of hydrogen-bond donors (Lipinski definition) is 2. The minimum atomic E-state index is -1.03. The lowest BCUT2D eigenvalue weighted by atomic mass is 10.4. The Bertz CT molecular complexity index is 136. The molecule has 1 atom stereocenters. The van der Waals surface area contributed by atoms with Crippen molar-refractivity contribution in [1.82, 2.24) is 5.32 Å². The van der Waals surface area contributed by atoms with Crippen molar-refractivity contribution in [2.45, 2.75) is 13.0 Å². The molecule has 0 aromatic carbocycles. The fourth-order valence-corrected chi connectivity index (χ4v) is 0.581. The average Bonchev–Trinajstić information content (AvgIpc) is 1.86. The maximum Gasteiger partial charge on any atom is 0.404 e. The van der Waals surface area contributed by atoms with Gasteiger partial charge in [-0.05, 0) is 6.92 Å². The molecule has 0 aliphatic heterocycles. The summed E-state index contributed by atoms with van der Waals surface area (Å²) in [6, 6.07) is -0.174. The van der Waals surface area contributed by atoms with Crippen LogP contribution < -0.4 is 5.32 Å². The quantitative estimate of drug-likeness (QED) is 0.461. The van der Waals surface area contributed by atoms with Crippen LogP contribution in [0, 0.1) is 0 Å². The second-order valence-electron chi connectivity index (χ2n) is 2.18. The van der Waals surface area contributed by atoms with Crippen LogP contribution in [0.1, 0.15) is 6.92 Å². The maximum atomic E-state index is 10.1. The van der Waals surface area contributed by atoms with Gasteiger partial charge in [-0.15, -0.1) is 6.58 Å². The minimum absolute atomic E-state index is 0.174. The van der Waals surface area contributed by atoms with Crippen molar-refractivity contribution < 1.29 is 14.6 Å². The number of carbonyl (C=O) groups is 1. The van der Waals surface area contributed by atoms with Gasteiger partial charge in [0, 0.05) is 0 Å². The summed E-state index contributed by atoms with van der Waals surface area (Å²) >= 11 is 0. The first-order valence-corrected chi connectivity index (χ1v) is 3.35. The third-order valence-electron chi connectivity index (χ3n) is 0.973. The third-order valence-corrected chi connectivity index (χ3v) is 0.973. The van der Waals surface area contributed by atoms with E-state index in [1.807, 2.05) is 0 Å². The molecule has 0 aliphatic rings. The van der Waals surface area contributed by atoms with E-state index in [0.29, 0.717) is 13.2 Å². The predicted octanol–water partition coefficient (Wildman–Crippen LogP) is 0.845. The SMILES string of the molecule is C=CCOCC(C)NC(=O)O. The number of amides is 1. The van der Waals surface area contributed by atoms with E-state index in [2.05, 4.69) is 11.9 Å². The Morgan fingerprint density at radius 2 is 2.55 bits per heavy atom. The highest BCUT2D eigenvalue weighted by atomic mass is 16.5. The van der Waals surface area contributed by atoms with E-state index < -0.39 is 6.09 Å². The molecule has 0 bridgehead atoms. The fourth-order valence-electron chi connectivity index (χ4n) is 0.581. The van der Waals surface area contributed by atoms with Crippen LogP contribution in [0.4, 0.5) is 4.79 Å². The van der Waals surface area contributed by atoms with Crippen LogP contribution in [0.15, 0.2) is 12.7 Å². The van der Waals surface area contributed by atoms with Crippen LogP contribution in [0.25, 0.3) is 0 Å². The average molecular weight is 159 g/mol. The molecule has 0 rings (SSSR count). The minimum Gasteiger partial charge on any atom is -0.465 e. The number of ether oxygens (including phenoxy) is 1. The molecule has 1 unspecified atom stereocenters. The summed E-state index contributed by atoms with van der Waals surface area (Å²) in [5, 5.41) is 10.5. The summed E-state index contributed by atoms with van der Waals surface area (Å²) < 4.78 is 5.00. The molecule has 0 radical (unpaired) electrons. The summed E-state index contributed by atoms with van der Waals surface area (Å²) in [6.45, 7) is 6.01. The molecule has 0 spiro atoms. The summed E-state index contributed by atoms with van der Waals surface area (Å²) in [5.74, 6) is 0. The largest absolute Gasteiger partial charge is 0.465 e. The van der Waals surface area contributed by atoms with Crippen molar-refractivity contribution in [1.29, 1.82) is 0 Å². The summed E-state index contributed by atoms with van der Waals surface area (Å²) in [5.41, 5.74) is 0. The highest BCUT2D eigenvalue weighted by Gasteiger charge is 2.03. The van der Waals surface area contributed by atoms with Crippen LogP contribution in [0.5, 0.6) is 0 Å². The van der Waals surface area contributed by atoms with Gasteiger partial charge in [-0.3, -0.25) is 0 Å². The van der Waals surface area contributed by atoms with Gasteiger partial charge in [-0.2, -0.15) is 0 Å². The molecule has 64 valence electrons. The molecule has 0 saturated carbocycles. The highest BCUT2D eigenvalue weighted by Crippen LogP contribution is 1.84. The third kappa shape index (κ3) is 6.86. The summed E-state index contributed by atoms with van der Waals surface area (Å²) in [6.07, 6.45) is 0.590. The smallest absolute Gasteiger partial charge is 0.404 e. The zero-order valence-corrected chi connectivity index (χ0v) is 6.54. The van der Waals surface area contributed by atoms with Gasteiger partial charge >= 0.3 is 6.09 Å². The van der Waals surface area contributed by atoms with E-state index >= 15 is 0 Å². The maximum absolute atomic E-state index is 10.1. The number of carboxylic acid groups (broad SMARTS) is 1. The Labute approximate surface area is 65.9 Å². The van der Waals surface area contributed by atoms with Crippen molar-refractivity contribution in [2.24, 2.45) is 0 Å². The zero-order valence-electron chi connectivity index (χ0n) is 6.54. The van der Waals surface area contributed by atoms with Crippen LogP contribution in [0.3, 0.4) is 0 Å². The standard InChI is InChI=1S/C7H13NO3/c1-3-4-11-5-6(2)8-7(9)10/h3,6,8H,1,4-5H2,2H3,(H,9,10). The van der Waals surface area contributed by atoms with Gasteiger partial charge < -0.3 is 15.2 Å².